The lowest BCUT2D eigenvalue weighted by molar-refractivity contribution is 0.132. The molecule has 0 aliphatic rings. The molecule has 78 valence electrons. The average molecular weight is 194 g/mol. The molecule has 0 amide bonds. The molecule has 0 fully saturated rings. The molecule has 0 bridgehead atoms. The highest BCUT2D eigenvalue weighted by atomic mass is 16.5. The monoisotopic (exact) mass is 194 g/mol. The Morgan fingerprint density at radius 3 is 1.43 bits per heavy atom. The number of rotatable bonds is 6. The van der Waals surface area contributed by atoms with Crippen molar-refractivity contribution in [3.8, 4) is 0 Å². The van der Waals surface area contributed by atoms with Crippen molar-refractivity contribution in [2.24, 2.45) is 0 Å². The first-order chi connectivity index (χ1) is 6.86. The number of benzene rings is 1. The SMILES string of the molecule is CCOCc1ccc(COCC)cc1. The van der Waals surface area contributed by atoms with E-state index in [0.29, 0.717) is 13.2 Å². The summed E-state index contributed by atoms with van der Waals surface area (Å²) in [4.78, 5) is 0. The standard InChI is InChI=1S/C12H18O2/c1-3-13-9-11-5-7-12(8-6-11)10-14-4-2/h5-8H,3-4,9-10H2,1-2H3. The van der Waals surface area contributed by atoms with Gasteiger partial charge in [0, 0.05) is 13.2 Å². The van der Waals surface area contributed by atoms with Gasteiger partial charge in [-0.2, -0.15) is 0 Å². The van der Waals surface area contributed by atoms with Crippen molar-refractivity contribution in [1.29, 1.82) is 0 Å². The van der Waals surface area contributed by atoms with Gasteiger partial charge in [-0.15, -0.1) is 0 Å². The fourth-order valence-corrected chi connectivity index (χ4v) is 1.17. The van der Waals surface area contributed by atoms with Crippen LogP contribution >= 0.6 is 0 Å². The summed E-state index contributed by atoms with van der Waals surface area (Å²) in [6, 6.07) is 8.35. The Morgan fingerprint density at radius 2 is 1.14 bits per heavy atom. The molecule has 0 saturated heterocycles. The van der Waals surface area contributed by atoms with Gasteiger partial charge in [0.05, 0.1) is 13.2 Å². The van der Waals surface area contributed by atoms with Crippen LogP contribution in [0.5, 0.6) is 0 Å². The second kappa shape index (κ2) is 6.57. The molecule has 0 atom stereocenters. The molecule has 0 heterocycles. The summed E-state index contributed by atoms with van der Waals surface area (Å²) in [5.41, 5.74) is 2.43. The fourth-order valence-electron chi connectivity index (χ4n) is 1.17. The zero-order valence-electron chi connectivity index (χ0n) is 8.95. The maximum Gasteiger partial charge on any atom is 0.0716 e. The average Bonchev–Trinajstić information content (AvgIpc) is 2.25. The van der Waals surface area contributed by atoms with Crippen molar-refractivity contribution >= 4 is 0 Å². The molecule has 0 N–H and O–H groups in total. The highest BCUT2D eigenvalue weighted by Gasteiger charge is 1.94. The van der Waals surface area contributed by atoms with Crippen molar-refractivity contribution in [2.75, 3.05) is 13.2 Å². The molecule has 0 radical (unpaired) electrons. The van der Waals surface area contributed by atoms with Gasteiger partial charge in [0.1, 0.15) is 0 Å². The van der Waals surface area contributed by atoms with Gasteiger partial charge in [0.25, 0.3) is 0 Å². The highest BCUT2D eigenvalue weighted by molar-refractivity contribution is 5.21. The molecule has 1 aromatic carbocycles. The van der Waals surface area contributed by atoms with E-state index in [-0.39, 0.29) is 0 Å². The Bertz CT molecular complexity index is 214. The molecule has 1 aromatic rings. The molecule has 2 nitrogen and oxygen atoms in total. The van der Waals surface area contributed by atoms with E-state index in [9.17, 15) is 0 Å². The first-order valence-electron chi connectivity index (χ1n) is 5.10. The second-order valence-electron chi connectivity index (χ2n) is 3.09. The molecule has 0 aliphatic carbocycles. The Morgan fingerprint density at radius 1 is 0.786 bits per heavy atom. The normalized spacial score (nSPS) is 10.4. The minimum atomic E-state index is 0.700. The van der Waals surface area contributed by atoms with E-state index in [1.165, 1.54) is 11.1 Å². The second-order valence-corrected chi connectivity index (χ2v) is 3.09. The summed E-state index contributed by atoms with van der Waals surface area (Å²) < 4.78 is 10.6. The van der Waals surface area contributed by atoms with Crippen LogP contribution in [0.25, 0.3) is 0 Å². The molecular weight excluding hydrogens is 176 g/mol. The lowest BCUT2D eigenvalue weighted by Gasteiger charge is -2.04. The van der Waals surface area contributed by atoms with E-state index in [4.69, 9.17) is 9.47 Å². The van der Waals surface area contributed by atoms with Crippen LogP contribution in [-0.4, -0.2) is 13.2 Å². The van der Waals surface area contributed by atoms with Crippen LogP contribution in [0.15, 0.2) is 24.3 Å². The third-order valence-corrected chi connectivity index (χ3v) is 1.97. The van der Waals surface area contributed by atoms with E-state index >= 15 is 0 Å². The van der Waals surface area contributed by atoms with E-state index in [1.54, 1.807) is 0 Å². The van der Waals surface area contributed by atoms with Crippen LogP contribution in [0.4, 0.5) is 0 Å². The first kappa shape index (κ1) is 11.2. The van der Waals surface area contributed by atoms with Gasteiger partial charge in [-0.25, -0.2) is 0 Å². The predicted octanol–water partition coefficient (Wildman–Crippen LogP) is 2.76. The Hall–Kier alpha value is -0.860. The molecule has 1 rings (SSSR count). The maximum absolute atomic E-state index is 5.31. The van der Waals surface area contributed by atoms with Crippen LogP contribution in [-0.2, 0) is 22.7 Å². The third kappa shape index (κ3) is 3.90. The van der Waals surface area contributed by atoms with E-state index in [2.05, 4.69) is 24.3 Å². The molecule has 0 spiro atoms. The van der Waals surface area contributed by atoms with Crippen molar-refractivity contribution in [3.63, 3.8) is 0 Å². The minimum absolute atomic E-state index is 0.700. The Kier molecular flexibility index (Phi) is 5.27. The zero-order valence-corrected chi connectivity index (χ0v) is 8.95. The van der Waals surface area contributed by atoms with Crippen LogP contribution in [0.1, 0.15) is 25.0 Å². The smallest absolute Gasteiger partial charge is 0.0716 e. The van der Waals surface area contributed by atoms with E-state index in [1.807, 2.05) is 13.8 Å². The van der Waals surface area contributed by atoms with Crippen LogP contribution in [0, 0.1) is 0 Å². The fraction of sp³-hybridized carbons (Fsp3) is 0.500. The summed E-state index contributed by atoms with van der Waals surface area (Å²) in [6.07, 6.45) is 0. The predicted molar refractivity (Wildman–Crippen MR) is 57.1 cm³/mol. The van der Waals surface area contributed by atoms with E-state index < -0.39 is 0 Å². The van der Waals surface area contributed by atoms with Gasteiger partial charge in [-0.05, 0) is 25.0 Å². The van der Waals surface area contributed by atoms with Gasteiger partial charge >= 0.3 is 0 Å². The molecule has 0 aliphatic heterocycles. The lowest BCUT2D eigenvalue weighted by Crippen LogP contribution is -1.94. The van der Waals surface area contributed by atoms with Gasteiger partial charge in [-0.3, -0.25) is 0 Å². The number of hydrogen-bond donors (Lipinski definition) is 0. The van der Waals surface area contributed by atoms with Crippen LogP contribution < -0.4 is 0 Å². The van der Waals surface area contributed by atoms with Crippen molar-refractivity contribution in [2.45, 2.75) is 27.1 Å². The van der Waals surface area contributed by atoms with Gasteiger partial charge in [0.15, 0.2) is 0 Å². The van der Waals surface area contributed by atoms with Crippen LogP contribution in [0.3, 0.4) is 0 Å². The highest BCUT2D eigenvalue weighted by Crippen LogP contribution is 2.06. The van der Waals surface area contributed by atoms with Crippen molar-refractivity contribution in [1.82, 2.24) is 0 Å². The summed E-state index contributed by atoms with van der Waals surface area (Å²) in [7, 11) is 0. The molecule has 0 saturated carbocycles. The summed E-state index contributed by atoms with van der Waals surface area (Å²) in [6.45, 7) is 6.94. The van der Waals surface area contributed by atoms with Gasteiger partial charge in [-0.1, -0.05) is 24.3 Å². The van der Waals surface area contributed by atoms with Gasteiger partial charge < -0.3 is 9.47 Å². The zero-order chi connectivity index (χ0) is 10.2. The maximum atomic E-state index is 5.31. The molecule has 2 heteroatoms. The first-order valence-corrected chi connectivity index (χ1v) is 5.10. The third-order valence-electron chi connectivity index (χ3n) is 1.97. The summed E-state index contributed by atoms with van der Waals surface area (Å²) >= 11 is 0. The molecule has 0 aromatic heterocycles. The molecule has 0 unspecified atom stereocenters. The van der Waals surface area contributed by atoms with Crippen molar-refractivity contribution < 1.29 is 9.47 Å². The molecular formula is C12H18O2. The van der Waals surface area contributed by atoms with Crippen molar-refractivity contribution in [3.05, 3.63) is 35.4 Å². The quantitative estimate of drug-likeness (QED) is 0.693. The Balaban J connectivity index is 2.42. The minimum Gasteiger partial charge on any atom is -0.377 e. The Labute approximate surface area is 85.8 Å². The van der Waals surface area contributed by atoms with Crippen LogP contribution in [0.2, 0.25) is 0 Å². The largest absolute Gasteiger partial charge is 0.377 e. The molecule has 14 heavy (non-hydrogen) atoms. The summed E-state index contributed by atoms with van der Waals surface area (Å²) in [5.74, 6) is 0. The summed E-state index contributed by atoms with van der Waals surface area (Å²) in [5, 5.41) is 0. The number of ether oxygens (including phenoxy) is 2. The topological polar surface area (TPSA) is 18.5 Å². The van der Waals surface area contributed by atoms with Gasteiger partial charge in [0.2, 0.25) is 0 Å². The number of hydrogen-bond acceptors (Lipinski definition) is 2. The van der Waals surface area contributed by atoms with E-state index in [0.717, 1.165) is 13.2 Å². The lowest BCUT2D eigenvalue weighted by atomic mass is 10.1.